The molecule has 6 heteroatoms. The van der Waals surface area contributed by atoms with E-state index in [-0.39, 0.29) is 6.42 Å². The highest BCUT2D eigenvalue weighted by molar-refractivity contribution is 5.28. The van der Waals surface area contributed by atoms with Gasteiger partial charge in [0.2, 0.25) is 0 Å². The second kappa shape index (κ2) is 6.95. The highest BCUT2D eigenvalue weighted by atomic mass is 19.4. The van der Waals surface area contributed by atoms with Crippen LogP contribution in [0, 0.1) is 0 Å². The lowest BCUT2D eigenvalue weighted by molar-refractivity contribution is -0.0960. The average Bonchev–Trinajstić information content (AvgIpc) is 2.47. The topological polar surface area (TPSA) is 38.5 Å². The Bertz CT molecular complexity index is 500. The van der Waals surface area contributed by atoms with Gasteiger partial charge < -0.3 is 10.5 Å². The van der Waals surface area contributed by atoms with Crippen molar-refractivity contribution in [3.8, 4) is 5.75 Å². The van der Waals surface area contributed by atoms with Crippen LogP contribution in [-0.4, -0.2) is 37.3 Å². The maximum atomic E-state index is 12.5. The van der Waals surface area contributed by atoms with Gasteiger partial charge in [-0.25, -0.2) is 0 Å². The summed E-state index contributed by atoms with van der Waals surface area (Å²) < 4.78 is 43.1. The molecular formula is C15H19F3N2O. The van der Waals surface area contributed by atoms with Gasteiger partial charge in [-0.3, -0.25) is 4.90 Å². The molecule has 1 aromatic carbocycles. The van der Waals surface area contributed by atoms with Gasteiger partial charge in [0, 0.05) is 31.8 Å². The Morgan fingerprint density at radius 1 is 1.29 bits per heavy atom. The van der Waals surface area contributed by atoms with Gasteiger partial charge in [-0.05, 0) is 24.1 Å². The monoisotopic (exact) mass is 300 g/mol. The fourth-order valence-electron chi connectivity index (χ4n) is 2.23. The van der Waals surface area contributed by atoms with Crippen LogP contribution in [0.4, 0.5) is 13.2 Å². The Balaban J connectivity index is 1.76. The van der Waals surface area contributed by atoms with E-state index in [1.54, 1.807) is 0 Å². The van der Waals surface area contributed by atoms with Crippen LogP contribution in [0.25, 0.3) is 0 Å². The number of nitrogens with zero attached hydrogens (tertiary/aromatic N) is 1. The van der Waals surface area contributed by atoms with Crippen LogP contribution in [0.1, 0.15) is 12.0 Å². The van der Waals surface area contributed by atoms with Crippen LogP contribution in [0.3, 0.4) is 0 Å². The summed E-state index contributed by atoms with van der Waals surface area (Å²) in [7, 11) is 0. The highest BCUT2D eigenvalue weighted by Crippen LogP contribution is 2.29. The second-order valence-electron chi connectivity index (χ2n) is 4.98. The zero-order chi connectivity index (χ0) is 15.3. The number of benzene rings is 1. The molecule has 0 bridgehead atoms. The molecule has 0 saturated carbocycles. The lowest BCUT2D eigenvalue weighted by Crippen LogP contribution is -2.34. The van der Waals surface area contributed by atoms with Crippen molar-refractivity contribution in [1.29, 1.82) is 0 Å². The van der Waals surface area contributed by atoms with E-state index in [4.69, 9.17) is 10.5 Å². The molecule has 0 atom stereocenters. The molecule has 1 aliphatic heterocycles. The van der Waals surface area contributed by atoms with Crippen molar-refractivity contribution in [1.82, 2.24) is 4.90 Å². The second-order valence-corrected chi connectivity index (χ2v) is 4.98. The minimum Gasteiger partial charge on any atom is -0.492 e. The van der Waals surface area contributed by atoms with E-state index < -0.39 is 11.7 Å². The molecule has 0 aliphatic carbocycles. The Morgan fingerprint density at radius 2 is 2.10 bits per heavy atom. The summed E-state index contributed by atoms with van der Waals surface area (Å²) in [6.07, 6.45) is -2.88. The molecule has 21 heavy (non-hydrogen) atoms. The Morgan fingerprint density at radius 3 is 2.71 bits per heavy atom. The number of ether oxygens (including phenoxy) is 1. The van der Waals surface area contributed by atoms with E-state index in [1.165, 1.54) is 6.08 Å². The quantitative estimate of drug-likeness (QED) is 0.850. The first-order valence-corrected chi connectivity index (χ1v) is 6.89. The van der Waals surface area contributed by atoms with Crippen molar-refractivity contribution in [3.63, 3.8) is 0 Å². The SMILES string of the molecule is NCc1cccc(OCCN2CC=C(C(F)(F)F)CC2)c1. The third-order valence-corrected chi connectivity index (χ3v) is 3.47. The average molecular weight is 300 g/mol. The molecule has 0 spiro atoms. The molecule has 0 radical (unpaired) electrons. The Kier molecular flexibility index (Phi) is 5.25. The molecule has 1 aromatic rings. The van der Waals surface area contributed by atoms with E-state index in [0.29, 0.717) is 32.8 Å². The van der Waals surface area contributed by atoms with E-state index in [9.17, 15) is 13.2 Å². The van der Waals surface area contributed by atoms with Gasteiger partial charge in [0.1, 0.15) is 12.4 Å². The highest BCUT2D eigenvalue weighted by Gasteiger charge is 2.34. The molecule has 0 fully saturated rings. The Labute approximate surface area is 122 Å². The molecule has 0 unspecified atom stereocenters. The molecular weight excluding hydrogens is 281 g/mol. The van der Waals surface area contributed by atoms with Gasteiger partial charge >= 0.3 is 6.18 Å². The van der Waals surface area contributed by atoms with Gasteiger partial charge in [-0.15, -0.1) is 0 Å². The minimum atomic E-state index is -4.19. The van der Waals surface area contributed by atoms with Crippen LogP contribution in [0.2, 0.25) is 0 Å². The molecule has 1 aliphatic rings. The van der Waals surface area contributed by atoms with Crippen LogP contribution >= 0.6 is 0 Å². The zero-order valence-corrected chi connectivity index (χ0v) is 11.7. The fourth-order valence-corrected chi connectivity index (χ4v) is 2.23. The fraction of sp³-hybridized carbons (Fsp3) is 0.467. The van der Waals surface area contributed by atoms with Crippen molar-refractivity contribution >= 4 is 0 Å². The number of rotatable bonds is 5. The van der Waals surface area contributed by atoms with E-state index in [2.05, 4.69) is 0 Å². The van der Waals surface area contributed by atoms with Gasteiger partial charge in [0.25, 0.3) is 0 Å². The van der Waals surface area contributed by atoms with Gasteiger partial charge in [-0.1, -0.05) is 18.2 Å². The molecule has 3 nitrogen and oxygen atoms in total. The molecule has 1 heterocycles. The van der Waals surface area contributed by atoms with Crippen molar-refractivity contribution in [2.45, 2.75) is 19.1 Å². The van der Waals surface area contributed by atoms with Crippen molar-refractivity contribution in [2.24, 2.45) is 5.73 Å². The predicted molar refractivity (Wildman–Crippen MR) is 75.0 cm³/mol. The predicted octanol–water partition coefficient (Wildman–Crippen LogP) is 2.72. The number of halogens is 3. The van der Waals surface area contributed by atoms with Gasteiger partial charge in [0.05, 0.1) is 0 Å². The zero-order valence-electron chi connectivity index (χ0n) is 11.7. The summed E-state index contributed by atoms with van der Waals surface area (Å²) in [4.78, 5) is 1.95. The smallest absolute Gasteiger partial charge is 0.412 e. The van der Waals surface area contributed by atoms with Crippen LogP contribution in [-0.2, 0) is 6.54 Å². The number of nitrogens with two attached hydrogens (primary N) is 1. The van der Waals surface area contributed by atoms with E-state index in [1.807, 2.05) is 29.2 Å². The molecule has 116 valence electrons. The standard InChI is InChI=1S/C15H19F3N2O/c16-15(17,18)13-4-6-20(7-5-13)8-9-21-14-3-1-2-12(10-14)11-19/h1-4,10H,5-9,11,19H2. The third-order valence-electron chi connectivity index (χ3n) is 3.47. The van der Waals surface area contributed by atoms with Gasteiger partial charge in [0.15, 0.2) is 0 Å². The maximum absolute atomic E-state index is 12.5. The number of alkyl halides is 3. The van der Waals surface area contributed by atoms with E-state index >= 15 is 0 Å². The van der Waals surface area contributed by atoms with E-state index in [0.717, 1.165) is 11.3 Å². The van der Waals surface area contributed by atoms with Crippen molar-refractivity contribution in [2.75, 3.05) is 26.2 Å². The first-order valence-electron chi connectivity index (χ1n) is 6.89. The van der Waals surface area contributed by atoms with Crippen LogP contribution in [0.5, 0.6) is 5.75 Å². The third kappa shape index (κ3) is 4.75. The van der Waals surface area contributed by atoms with Crippen LogP contribution in [0.15, 0.2) is 35.9 Å². The number of hydrogen-bond donors (Lipinski definition) is 1. The Hall–Kier alpha value is -1.53. The number of hydrogen-bond acceptors (Lipinski definition) is 3. The lowest BCUT2D eigenvalue weighted by Gasteiger charge is -2.26. The molecule has 0 amide bonds. The summed E-state index contributed by atoms with van der Waals surface area (Å²) in [6, 6.07) is 7.51. The summed E-state index contributed by atoms with van der Waals surface area (Å²) in [5.74, 6) is 0.737. The molecule has 2 N–H and O–H groups in total. The molecule has 0 aromatic heterocycles. The van der Waals surface area contributed by atoms with Crippen molar-refractivity contribution in [3.05, 3.63) is 41.5 Å². The molecule has 0 saturated heterocycles. The summed E-state index contributed by atoms with van der Waals surface area (Å²) in [5.41, 5.74) is 6.12. The summed E-state index contributed by atoms with van der Waals surface area (Å²) in [6.45, 7) is 2.24. The summed E-state index contributed by atoms with van der Waals surface area (Å²) in [5, 5.41) is 0. The van der Waals surface area contributed by atoms with Gasteiger partial charge in [-0.2, -0.15) is 13.2 Å². The minimum absolute atomic E-state index is 0.0478. The van der Waals surface area contributed by atoms with Crippen LogP contribution < -0.4 is 10.5 Å². The normalized spacial score (nSPS) is 16.7. The summed E-state index contributed by atoms with van der Waals surface area (Å²) >= 11 is 0. The molecule has 2 rings (SSSR count). The first-order chi connectivity index (χ1) is 9.99. The lowest BCUT2D eigenvalue weighted by atomic mass is 10.1. The maximum Gasteiger partial charge on any atom is 0.412 e. The first kappa shape index (κ1) is 15.9. The van der Waals surface area contributed by atoms with Crippen molar-refractivity contribution < 1.29 is 17.9 Å². The largest absolute Gasteiger partial charge is 0.492 e.